The van der Waals surface area contributed by atoms with Crippen molar-refractivity contribution in [2.24, 2.45) is 5.92 Å². The molecule has 0 saturated carbocycles. The lowest BCUT2D eigenvalue weighted by molar-refractivity contribution is 0.283. The van der Waals surface area contributed by atoms with E-state index in [4.69, 9.17) is 0 Å². The standard InChI is InChI=1S/C10H20BrN/c1-10-4-2-7-12(9-5-10)8-3-6-11/h10H,2-9H2,1H3. The monoisotopic (exact) mass is 233 g/mol. The highest BCUT2D eigenvalue weighted by Gasteiger charge is 2.12. The molecule has 2 heteroatoms. The molecule has 0 aromatic heterocycles. The number of hydrogen-bond acceptors (Lipinski definition) is 1. The molecule has 0 radical (unpaired) electrons. The molecule has 0 bridgehead atoms. The van der Waals surface area contributed by atoms with Crippen molar-refractivity contribution in [3.8, 4) is 0 Å². The van der Waals surface area contributed by atoms with E-state index >= 15 is 0 Å². The Hall–Kier alpha value is 0.440. The van der Waals surface area contributed by atoms with Gasteiger partial charge in [0.25, 0.3) is 0 Å². The lowest BCUT2D eigenvalue weighted by Crippen LogP contribution is -2.26. The van der Waals surface area contributed by atoms with Crippen LogP contribution in [0.25, 0.3) is 0 Å². The van der Waals surface area contributed by atoms with E-state index in [2.05, 4.69) is 27.8 Å². The van der Waals surface area contributed by atoms with E-state index in [1.54, 1.807) is 0 Å². The largest absolute Gasteiger partial charge is 0.303 e. The summed E-state index contributed by atoms with van der Waals surface area (Å²) in [4.78, 5) is 2.62. The maximum absolute atomic E-state index is 3.48. The van der Waals surface area contributed by atoms with Crippen LogP contribution in [0.4, 0.5) is 0 Å². The molecule has 1 atom stereocenters. The Morgan fingerprint density at radius 3 is 2.92 bits per heavy atom. The third kappa shape index (κ3) is 3.90. The van der Waals surface area contributed by atoms with Gasteiger partial charge in [0.05, 0.1) is 0 Å². The van der Waals surface area contributed by atoms with Crippen LogP contribution in [0.3, 0.4) is 0 Å². The van der Waals surface area contributed by atoms with Crippen LogP contribution in [0, 0.1) is 5.92 Å². The van der Waals surface area contributed by atoms with E-state index in [9.17, 15) is 0 Å². The average Bonchev–Trinajstić information content (AvgIpc) is 2.27. The predicted molar refractivity (Wildman–Crippen MR) is 57.9 cm³/mol. The fraction of sp³-hybridized carbons (Fsp3) is 1.00. The van der Waals surface area contributed by atoms with E-state index in [1.165, 1.54) is 45.3 Å². The summed E-state index contributed by atoms with van der Waals surface area (Å²) in [7, 11) is 0. The molecule has 1 nitrogen and oxygen atoms in total. The quantitative estimate of drug-likeness (QED) is 0.679. The molecule has 0 spiro atoms. The van der Waals surface area contributed by atoms with Crippen molar-refractivity contribution < 1.29 is 0 Å². The molecule has 0 N–H and O–H groups in total. The van der Waals surface area contributed by atoms with Crippen LogP contribution in [-0.2, 0) is 0 Å². The van der Waals surface area contributed by atoms with Gasteiger partial charge >= 0.3 is 0 Å². The summed E-state index contributed by atoms with van der Waals surface area (Å²) in [6, 6.07) is 0. The van der Waals surface area contributed by atoms with Crippen LogP contribution in [0.1, 0.15) is 32.6 Å². The van der Waals surface area contributed by atoms with E-state index in [1.807, 2.05) is 0 Å². The van der Waals surface area contributed by atoms with Gasteiger partial charge < -0.3 is 4.90 Å². The van der Waals surface area contributed by atoms with Crippen molar-refractivity contribution in [1.29, 1.82) is 0 Å². The second-order valence-corrected chi connectivity index (χ2v) is 4.71. The van der Waals surface area contributed by atoms with Gasteiger partial charge in [0.15, 0.2) is 0 Å². The Balaban J connectivity index is 2.17. The van der Waals surface area contributed by atoms with E-state index < -0.39 is 0 Å². The number of likely N-dealkylation sites (tertiary alicyclic amines) is 1. The number of nitrogens with zero attached hydrogens (tertiary/aromatic N) is 1. The van der Waals surface area contributed by atoms with Gasteiger partial charge in [-0.25, -0.2) is 0 Å². The fourth-order valence-corrected chi connectivity index (χ4v) is 2.08. The van der Waals surface area contributed by atoms with Crippen LogP contribution >= 0.6 is 15.9 Å². The van der Waals surface area contributed by atoms with E-state index in [-0.39, 0.29) is 0 Å². The summed E-state index contributed by atoms with van der Waals surface area (Å²) in [5.74, 6) is 0.957. The number of rotatable bonds is 3. The highest BCUT2D eigenvalue weighted by molar-refractivity contribution is 9.09. The Kier molecular flexibility index (Phi) is 5.24. The molecule has 0 aromatic rings. The van der Waals surface area contributed by atoms with Gasteiger partial charge in [0.2, 0.25) is 0 Å². The number of hydrogen-bond donors (Lipinski definition) is 0. The topological polar surface area (TPSA) is 3.24 Å². The zero-order valence-corrected chi connectivity index (χ0v) is 9.65. The molecule has 0 amide bonds. The summed E-state index contributed by atoms with van der Waals surface area (Å²) < 4.78 is 0. The van der Waals surface area contributed by atoms with Crippen molar-refractivity contribution in [1.82, 2.24) is 4.90 Å². The molecular formula is C10H20BrN. The second kappa shape index (κ2) is 5.98. The Labute approximate surface area is 84.6 Å². The van der Waals surface area contributed by atoms with Crippen molar-refractivity contribution >= 4 is 15.9 Å². The third-order valence-electron chi connectivity index (χ3n) is 2.72. The highest BCUT2D eigenvalue weighted by Crippen LogP contribution is 2.16. The minimum absolute atomic E-state index is 0.957. The third-order valence-corrected chi connectivity index (χ3v) is 3.28. The first-order chi connectivity index (χ1) is 5.83. The molecule has 0 aromatic carbocycles. The summed E-state index contributed by atoms with van der Waals surface area (Å²) in [6.07, 6.45) is 5.55. The zero-order chi connectivity index (χ0) is 8.81. The van der Waals surface area contributed by atoms with Gasteiger partial charge in [0, 0.05) is 5.33 Å². The van der Waals surface area contributed by atoms with E-state index in [0.717, 1.165) is 11.2 Å². The maximum Gasteiger partial charge on any atom is 0.00434 e. The van der Waals surface area contributed by atoms with Gasteiger partial charge in [-0.3, -0.25) is 0 Å². The van der Waals surface area contributed by atoms with Crippen molar-refractivity contribution in [3.63, 3.8) is 0 Å². The first-order valence-electron chi connectivity index (χ1n) is 5.11. The molecule has 12 heavy (non-hydrogen) atoms. The lowest BCUT2D eigenvalue weighted by Gasteiger charge is -2.18. The summed E-state index contributed by atoms with van der Waals surface area (Å²) >= 11 is 3.48. The van der Waals surface area contributed by atoms with Crippen LogP contribution in [0.5, 0.6) is 0 Å². The average molecular weight is 234 g/mol. The van der Waals surface area contributed by atoms with Crippen LogP contribution < -0.4 is 0 Å². The minimum Gasteiger partial charge on any atom is -0.303 e. The highest BCUT2D eigenvalue weighted by atomic mass is 79.9. The molecular weight excluding hydrogens is 214 g/mol. The van der Waals surface area contributed by atoms with Gasteiger partial charge in [0.1, 0.15) is 0 Å². The number of halogens is 1. The maximum atomic E-state index is 3.48. The van der Waals surface area contributed by atoms with Crippen molar-refractivity contribution in [3.05, 3.63) is 0 Å². The molecule has 1 rings (SSSR count). The van der Waals surface area contributed by atoms with Crippen molar-refractivity contribution in [2.75, 3.05) is 25.0 Å². The molecule has 1 aliphatic heterocycles. The molecule has 1 aliphatic rings. The molecule has 1 unspecified atom stereocenters. The summed E-state index contributed by atoms with van der Waals surface area (Å²) in [5.41, 5.74) is 0. The normalized spacial score (nSPS) is 27.0. The van der Waals surface area contributed by atoms with Crippen LogP contribution in [-0.4, -0.2) is 29.9 Å². The van der Waals surface area contributed by atoms with Gasteiger partial charge in [-0.15, -0.1) is 0 Å². The number of alkyl halides is 1. The lowest BCUT2D eigenvalue weighted by atomic mass is 10.0. The predicted octanol–water partition coefficient (Wildman–Crippen LogP) is 2.89. The Morgan fingerprint density at radius 2 is 2.17 bits per heavy atom. The summed E-state index contributed by atoms with van der Waals surface area (Å²) in [6.45, 7) is 6.33. The molecule has 1 fully saturated rings. The van der Waals surface area contributed by atoms with Crippen LogP contribution in [0.2, 0.25) is 0 Å². The summed E-state index contributed by atoms with van der Waals surface area (Å²) in [5, 5.41) is 1.15. The molecule has 1 heterocycles. The first kappa shape index (κ1) is 10.5. The van der Waals surface area contributed by atoms with Gasteiger partial charge in [-0.1, -0.05) is 22.9 Å². The zero-order valence-electron chi connectivity index (χ0n) is 8.06. The fourth-order valence-electron chi connectivity index (χ4n) is 1.83. The minimum atomic E-state index is 0.957. The van der Waals surface area contributed by atoms with Crippen molar-refractivity contribution in [2.45, 2.75) is 32.6 Å². The Morgan fingerprint density at radius 1 is 1.33 bits per heavy atom. The van der Waals surface area contributed by atoms with Gasteiger partial charge in [-0.05, 0) is 51.2 Å². The van der Waals surface area contributed by atoms with Crippen LogP contribution in [0.15, 0.2) is 0 Å². The molecule has 72 valence electrons. The SMILES string of the molecule is CC1CCCN(CCCBr)CC1. The molecule has 0 aliphatic carbocycles. The first-order valence-corrected chi connectivity index (χ1v) is 6.23. The second-order valence-electron chi connectivity index (χ2n) is 3.92. The van der Waals surface area contributed by atoms with E-state index in [0.29, 0.717) is 0 Å². The Bertz CT molecular complexity index is 114. The van der Waals surface area contributed by atoms with Gasteiger partial charge in [-0.2, -0.15) is 0 Å². The molecule has 1 saturated heterocycles. The smallest absolute Gasteiger partial charge is 0.00434 e.